The molecule has 0 nitrogen and oxygen atoms in total. The van der Waals surface area contributed by atoms with Crippen molar-refractivity contribution in [3.63, 3.8) is 0 Å². The summed E-state index contributed by atoms with van der Waals surface area (Å²) in [5.41, 5.74) is 0. The molecule has 0 fully saturated rings. The van der Waals surface area contributed by atoms with Crippen molar-refractivity contribution in [3.8, 4) is 0 Å². The van der Waals surface area contributed by atoms with Crippen LogP contribution in [0.5, 0.6) is 0 Å². The maximum Gasteiger partial charge on any atom is 0.00447 e. The third-order valence-corrected chi connectivity index (χ3v) is 4.52. The Bertz CT molecular complexity index is 112. The van der Waals surface area contributed by atoms with Gasteiger partial charge in [-0.1, -0.05) is 77.3 Å². The summed E-state index contributed by atoms with van der Waals surface area (Å²) < 4.78 is 0. The zero-order valence-electron chi connectivity index (χ0n) is 11.7. The summed E-state index contributed by atoms with van der Waals surface area (Å²) in [6, 6.07) is 0. The highest BCUT2D eigenvalue weighted by Crippen LogP contribution is 2.12. The van der Waals surface area contributed by atoms with Crippen LogP contribution in [-0.4, -0.2) is 17.3 Å². The highest BCUT2D eigenvalue weighted by molar-refractivity contribution is 7.99. The third kappa shape index (κ3) is 16.7. The molecular weight excluding hydrogens is 244 g/mol. The van der Waals surface area contributed by atoms with E-state index in [9.17, 15) is 0 Å². The van der Waals surface area contributed by atoms with Crippen LogP contribution in [0.1, 0.15) is 77.6 Å². The minimum absolute atomic E-state index is 0.936. The van der Waals surface area contributed by atoms with Gasteiger partial charge in [0.15, 0.2) is 0 Å². The lowest BCUT2D eigenvalue weighted by molar-refractivity contribution is 0.563. The van der Waals surface area contributed by atoms with E-state index in [1.54, 1.807) is 0 Å². The van der Waals surface area contributed by atoms with E-state index in [4.69, 9.17) is 12.6 Å². The van der Waals surface area contributed by atoms with Crippen molar-refractivity contribution in [2.45, 2.75) is 77.6 Å². The quantitative estimate of drug-likeness (QED) is 0.339. The van der Waals surface area contributed by atoms with Gasteiger partial charge < -0.3 is 0 Å². The van der Waals surface area contributed by atoms with Gasteiger partial charge in [-0.05, 0) is 24.3 Å². The molecule has 0 saturated carbocycles. The van der Waals surface area contributed by atoms with E-state index >= 15 is 0 Å². The molecule has 0 N–H and O–H groups in total. The standard InChI is InChI=1S/C15H31S2/c1-2-3-4-5-6-7-8-9-10-11-14-17-15-12-13-16/h2-15H2,1H3. The summed E-state index contributed by atoms with van der Waals surface area (Å²) in [5, 5.41) is 0. The van der Waals surface area contributed by atoms with E-state index in [0.717, 1.165) is 5.75 Å². The average molecular weight is 276 g/mol. The van der Waals surface area contributed by atoms with Crippen LogP contribution >= 0.6 is 24.4 Å². The molecule has 0 aliphatic rings. The Morgan fingerprint density at radius 3 is 1.65 bits per heavy atom. The minimum Gasteiger partial charge on any atom is -0.162 e. The summed E-state index contributed by atoms with van der Waals surface area (Å²) >= 11 is 7.01. The molecular formula is C15H31S2. The first-order chi connectivity index (χ1) is 8.41. The normalized spacial score (nSPS) is 10.9. The van der Waals surface area contributed by atoms with Crippen LogP contribution < -0.4 is 0 Å². The fourth-order valence-electron chi connectivity index (χ4n) is 1.95. The number of rotatable bonds is 14. The molecule has 0 spiro atoms. The fraction of sp³-hybridized carbons (Fsp3) is 1.00. The van der Waals surface area contributed by atoms with Crippen LogP contribution in [-0.2, 0) is 0 Å². The Morgan fingerprint density at radius 1 is 0.647 bits per heavy atom. The van der Waals surface area contributed by atoms with Crippen molar-refractivity contribution in [1.82, 2.24) is 0 Å². The van der Waals surface area contributed by atoms with E-state index in [2.05, 4.69) is 18.7 Å². The molecule has 17 heavy (non-hydrogen) atoms. The van der Waals surface area contributed by atoms with Crippen molar-refractivity contribution in [3.05, 3.63) is 0 Å². The van der Waals surface area contributed by atoms with Crippen molar-refractivity contribution < 1.29 is 0 Å². The molecule has 1 radical (unpaired) electrons. The monoisotopic (exact) mass is 275 g/mol. The largest absolute Gasteiger partial charge is 0.162 e. The van der Waals surface area contributed by atoms with Crippen molar-refractivity contribution in [2.75, 3.05) is 17.3 Å². The Labute approximate surface area is 119 Å². The second kappa shape index (κ2) is 16.7. The number of unbranched alkanes of at least 4 members (excludes halogenated alkanes) is 9. The molecule has 0 heterocycles. The average Bonchev–Trinajstić information content (AvgIpc) is 2.35. The SMILES string of the molecule is CCCCCCCCCCCCSCCC[S]. The van der Waals surface area contributed by atoms with Gasteiger partial charge in [-0.25, -0.2) is 0 Å². The Balaban J connectivity index is 2.85. The molecule has 0 aromatic rings. The second-order valence-corrected chi connectivity index (χ2v) is 6.49. The summed E-state index contributed by atoms with van der Waals surface area (Å²) in [6.07, 6.45) is 15.6. The fourth-order valence-corrected chi connectivity index (χ4v) is 3.24. The molecule has 0 aliphatic heterocycles. The van der Waals surface area contributed by atoms with Crippen LogP contribution in [0, 0.1) is 0 Å². The maximum atomic E-state index is 4.93. The van der Waals surface area contributed by atoms with Gasteiger partial charge in [0.2, 0.25) is 0 Å². The predicted molar refractivity (Wildman–Crippen MR) is 86.2 cm³/mol. The molecule has 0 unspecified atom stereocenters. The van der Waals surface area contributed by atoms with Crippen molar-refractivity contribution >= 4 is 24.4 Å². The van der Waals surface area contributed by atoms with Crippen LogP contribution in [0.3, 0.4) is 0 Å². The second-order valence-electron chi connectivity index (χ2n) is 4.85. The van der Waals surface area contributed by atoms with Gasteiger partial charge in [0, 0.05) is 5.75 Å². The van der Waals surface area contributed by atoms with Gasteiger partial charge in [0.25, 0.3) is 0 Å². The Hall–Kier alpha value is 0.700. The number of hydrogen-bond acceptors (Lipinski definition) is 1. The lowest BCUT2D eigenvalue weighted by Crippen LogP contribution is -1.86. The molecule has 2 heteroatoms. The van der Waals surface area contributed by atoms with E-state index in [-0.39, 0.29) is 0 Å². The van der Waals surface area contributed by atoms with Crippen LogP contribution in [0.2, 0.25) is 0 Å². The number of thioether (sulfide) groups is 1. The highest BCUT2D eigenvalue weighted by atomic mass is 32.2. The highest BCUT2D eigenvalue weighted by Gasteiger charge is 1.93. The zero-order valence-corrected chi connectivity index (χ0v) is 13.3. The van der Waals surface area contributed by atoms with Gasteiger partial charge in [-0.15, -0.1) is 0 Å². The van der Waals surface area contributed by atoms with Gasteiger partial charge in [-0.2, -0.15) is 11.8 Å². The summed E-state index contributed by atoms with van der Waals surface area (Å²) in [5.74, 6) is 3.57. The smallest absolute Gasteiger partial charge is 0.00447 e. The van der Waals surface area contributed by atoms with Crippen molar-refractivity contribution in [1.29, 1.82) is 0 Å². The summed E-state index contributed by atoms with van der Waals surface area (Å²) in [4.78, 5) is 0. The van der Waals surface area contributed by atoms with Crippen LogP contribution in [0.4, 0.5) is 0 Å². The molecule has 0 aromatic carbocycles. The molecule has 0 aromatic heterocycles. The predicted octanol–water partition coefficient (Wildman–Crippen LogP) is 6.23. The lowest BCUT2D eigenvalue weighted by Gasteiger charge is -2.02. The van der Waals surface area contributed by atoms with Crippen molar-refractivity contribution in [2.24, 2.45) is 0 Å². The van der Waals surface area contributed by atoms with Gasteiger partial charge >= 0.3 is 0 Å². The molecule has 103 valence electrons. The molecule has 0 aliphatic carbocycles. The third-order valence-electron chi connectivity index (χ3n) is 3.08. The van der Waals surface area contributed by atoms with Gasteiger partial charge in [0.05, 0.1) is 0 Å². The van der Waals surface area contributed by atoms with Gasteiger partial charge in [-0.3, -0.25) is 0 Å². The lowest BCUT2D eigenvalue weighted by atomic mass is 10.1. The Morgan fingerprint density at radius 2 is 1.12 bits per heavy atom. The first-order valence-electron chi connectivity index (χ1n) is 7.57. The minimum atomic E-state index is 0.936. The summed E-state index contributed by atoms with van der Waals surface area (Å²) in [6.45, 7) is 2.28. The topological polar surface area (TPSA) is 0 Å². The molecule has 0 amide bonds. The van der Waals surface area contributed by atoms with E-state index < -0.39 is 0 Å². The van der Waals surface area contributed by atoms with Crippen LogP contribution in [0.25, 0.3) is 0 Å². The number of hydrogen-bond donors (Lipinski definition) is 0. The maximum absolute atomic E-state index is 4.93. The first kappa shape index (κ1) is 17.7. The Kier molecular flexibility index (Phi) is 17.4. The van der Waals surface area contributed by atoms with Gasteiger partial charge in [0.1, 0.15) is 0 Å². The molecule has 0 saturated heterocycles. The van der Waals surface area contributed by atoms with E-state index in [1.165, 1.54) is 82.1 Å². The zero-order chi connectivity index (χ0) is 12.6. The van der Waals surface area contributed by atoms with E-state index in [1.807, 2.05) is 0 Å². The first-order valence-corrected chi connectivity index (χ1v) is 9.31. The molecule has 0 rings (SSSR count). The van der Waals surface area contributed by atoms with Crippen LogP contribution in [0.15, 0.2) is 0 Å². The summed E-state index contributed by atoms with van der Waals surface area (Å²) in [7, 11) is 0. The van der Waals surface area contributed by atoms with E-state index in [0.29, 0.717) is 0 Å². The molecule has 0 atom stereocenters. The molecule has 0 bridgehead atoms.